The molecule has 0 heterocycles. The first-order valence-electron chi connectivity index (χ1n) is 8.32. The van der Waals surface area contributed by atoms with Crippen molar-refractivity contribution in [1.82, 2.24) is 4.31 Å². The molecule has 2 rings (SSSR count). The Bertz CT molecular complexity index is 1020. The summed E-state index contributed by atoms with van der Waals surface area (Å²) < 4.78 is 30.5. The molecule has 0 saturated heterocycles. The number of rotatable bonds is 6. The molecule has 0 bridgehead atoms. The van der Waals surface area contributed by atoms with E-state index in [9.17, 15) is 23.1 Å². The Hall–Kier alpha value is -2.91. The minimum atomic E-state index is -3.65. The first kappa shape index (κ1) is 21.4. The second-order valence-electron chi connectivity index (χ2n) is 6.36. The van der Waals surface area contributed by atoms with Gasteiger partial charge in [0.25, 0.3) is 5.91 Å². The van der Waals surface area contributed by atoms with Crippen molar-refractivity contribution < 1.29 is 27.9 Å². The van der Waals surface area contributed by atoms with E-state index < -0.39 is 28.5 Å². The summed E-state index contributed by atoms with van der Waals surface area (Å²) in [6, 6.07) is 8.98. The molecule has 1 amide bonds. The molecule has 0 aliphatic rings. The molecule has 0 fully saturated rings. The molecule has 28 heavy (non-hydrogen) atoms. The zero-order valence-corrected chi connectivity index (χ0v) is 16.8. The van der Waals surface area contributed by atoms with E-state index >= 15 is 0 Å². The molecular formula is C19H22N2O6S. The monoisotopic (exact) mass is 406 g/mol. The molecule has 0 radical (unpaired) electrons. The lowest BCUT2D eigenvalue weighted by atomic mass is 10.1. The zero-order valence-electron chi connectivity index (χ0n) is 16.0. The van der Waals surface area contributed by atoms with Gasteiger partial charge in [-0.05, 0) is 43.2 Å². The zero-order chi connectivity index (χ0) is 21.1. The number of benzene rings is 2. The number of anilines is 1. The quantitative estimate of drug-likeness (QED) is 0.710. The van der Waals surface area contributed by atoms with Crippen LogP contribution >= 0.6 is 0 Å². The van der Waals surface area contributed by atoms with Crippen LogP contribution in [0.4, 0.5) is 5.69 Å². The Morgan fingerprint density at radius 3 is 2.43 bits per heavy atom. The van der Waals surface area contributed by atoms with Crippen LogP contribution in [0.25, 0.3) is 0 Å². The molecule has 2 aromatic carbocycles. The molecule has 0 spiro atoms. The number of phenolic OH excluding ortho intramolecular Hbond substituents is 1. The molecule has 0 atom stereocenters. The minimum Gasteiger partial charge on any atom is -0.507 e. The van der Waals surface area contributed by atoms with Gasteiger partial charge in [-0.1, -0.05) is 18.2 Å². The van der Waals surface area contributed by atoms with E-state index in [1.54, 1.807) is 32.0 Å². The van der Waals surface area contributed by atoms with Crippen molar-refractivity contribution in [2.45, 2.75) is 18.7 Å². The van der Waals surface area contributed by atoms with Gasteiger partial charge in [0, 0.05) is 19.8 Å². The van der Waals surface area contributed by atoms with Crippen LogP contribution in [0, 0.1) is 13.8 Å². The number of nitrogens with one attached hydrogen (secondary N) is 1. The predicted octanol–water partition coefficient (Wildman–Crippen LogP) is 2.05. The average molecular weight is 406 g/mol. The standard InChI is InChI=1S/C19H22N2O6S/c1-12-8-9-14(28(25,26)21(3)4)10-16(12)20-17(22)11-27-19(24)15-7-5-6-13(2)18(15)23/h5-10,23H,11H2,1-4H3,(H,20,22). The molecule has 2 N–H and O–H groups in total. The number of hydrogen-bond acceptors (Lipinski definition) is 6. The maximum Gasteiger partial charge on any atom is 0.342 e. The number of nitrogens with zero attached hydrogens (tertiary/aromatic N) is 1. The van der Waals surface area contributed by atoms with Gasteiger partial charge in [-0.25, -0.2) is 17.5 Å². The summed E-state index contributed by atoms with van der Waals surface area (Å²) in [5, 5.41) is 12.4. The summed E-state index contributed by atoms with van der Waals surface area (Å²) in [7, 11) is -0.833. The van der Waals surface area contributed by atoms with Gasteiger partial charge in [0.2, 0.25) is 10.0 Å². The highest BCUT2D eigenvalue weighted by Crippen LogP contribution is 2.23. The summed E-state index contributed by atoms with van der Waals surface area (Å²) in [6.07, 6.45) is 0. The highest BCUT2D eigenvalue weighted by atomic mass is 32.2. The number of aromatic hydroxyl groups is 1. The van der Waals surface area contributed by atoms with Crippen LogP contribution < -0.4 is 5.32 Å². The van der Waals surface area contributed by atoms with Crippen molar-refractivity contribution >= 4 is 27.6 Å². The number of hydrogen-bond donors (Lipinski definition) is 2. The van der Waals surface area contributed by atoms with Gasteiger partial charge >= 0.3 is 5.97 Å². The topological polar surface area (TPSA) is 113 Å². The summed E-state index contributed by atoms with van der Waals surface area (Å²) in [6.45, 7) is 2.76. The number of para-hydroxylation sites is 1. The average Bonchev–Trinajstić information content (AvgIpc) is 2.63. The fourth-order valence-corrected chi connectivity index (χ4v) is 3.25. The number of phenols is 1. The summed E-state index contributed by atoms with van der Waals surface area (Å²) in [5.41, 5.74) is 1.41. The number of carbonyl (C=O) groups excluding carboxylic acids is 2. The molecule has 0 unspecified atom stereocenters. The molecule has 9 heteroatoms. The Morgan fingerprint density at radius 1 is 1.11 bits per heavy atom. The number of aryl methyl sites for hydroxylation is 2. The van der Waals surface area contributed by atoms with Crippen molar-refractivity contribution in [3.8, 4) is 5.75 Å². The van der Waals surface area contributed by atoms with Gasteiger partial charge in [0.1, 0.15) is 11.3 Å². The molecule has 0 saturated carbocycles. The van der Waals surface area contributed by atoms with Crippen molar-refractivity contribution in [3.63, 3.8) is 0 Å². The second kappa shape index (κ2) is 8.41. The summed E-state index contributed by atoms with van der Waals surface area (Å²) in [5.74, 6) is -1.68. The number of ether oxygens (including phenoxy) is 1. The second-order valence-corrected chi connectivity index (χ2v) is 8.51. The van der Waals surface area contributed by atoms with E-state index in [2.05, 4.69) is 5.32 Å². The molecule has 2 aromatic rings. The van der Waals surface area contributed by atoms with E-state index in [4.69, 9.17) is 4.74 Å². The fourth-order valence-electron chi connectivity index (χ4n) is 2.33. The maximum absolute atomic E-state index is 12.2. The van der Waals surface area contributed by atoms with Crippen molar-refractivity contribution in [3.05, 3.63) is 53.1 Å². The van der Waals surface area contributed by atoms with Crippen LogP contribution in [-0.4, -0.2) is 50.4 Å². The van der Waals surface area contributed by atoms with Crippen molar-refractivity contribution in [2.75, 3.05) is 26.0 Å². The smallest absolute Gasteiger partial charge is 0.342 e. The van der Waals surface area contributed by atoms with Gasteiger partial charge in [-0.15, -0.1) is 0 Å². The number of amides is 1. The van der Waals surface area contributed by atoms with Crippen LogP contribution in [0.2, 0.25) is 0 Å². The molecule has 0 aliphatic heterocycles. The largest absolute Gasteiger partial charge is 0.507 e. The first-order chi connectivity index (χ1) is 13.0. The van der Waals surface area contributed by atoms with Crippen LogP contribution in [-0.2, 0) is 19.6 Å². The molecular weight excluding hydrogens is 384 g/mol. The number of carbonyl (C=O) groups is 2. The molecule has 8 nitrogen and oxygen atoms in total. The van der Waals surface area contributed by atoms with Gasteiger partial charge in [-0.2, -0.15) is 0 Å². The van der Waals surface area contributed by atoms with E-state index in [0.717, 1.165) is 4.31 Å². The number of sulfonamides is 1. The van der Waals surface area contributed by atoms with Crippen molar-refractivity contribution in [1.29, 1.82) is 0 Å². The lowest BCUT2D eigenvalue weighted by Gasteiger charge is -2.14. The normalized spacial score (nSPS) is 11.3. The lowest BCUT2D eigenvalue weighted by molar-refractivity contribution is -0.119. The molecule has 150 valence electrons. The SMILES string of the molecule is Cc1ccc(S(=O)(=O)N(C)C)cc1NC(=O)COC(=O)c1cccc(C)c1O. The summed E-state index contributed by atoms with van der Waals surface area (Å²) >= 11 is 0. The van der Waals surface area contributed by atoms with E-state index in [1.807, 2.05) is 0 Å². The van der Waals surface area contributed by atoms with Crippen LogP contribution in [0.3, 0.4) is 0 Å². The fraction of sp³-hybridized carbons (Fsp3) is 0.263. The van der Waals surface area contributed by atoms with E-state index in [-0.39, 0.29) is 16.2 Å². The van der Waals surface area contributed by atoms with E-state index in [1.165, 1.54) is 32.3 Å². The van der Waals surface area contributed by atoms with Crippen LogP contribution in [0.1, 0.15) is 21.5 Å². The highest BCUT2D eigenvalue weighted by Gasteiger charge is 2.19. The third kappa shape index (κ3) is 4.68. The van der Waals surface area contributed by atoms with Gasteiger partial charge in [0.15, 0.2) is 6.61 Å². The summed E-state index contributed by atoms with van der Waals surface area (Å²) in [4.78, 5) is 24.2. The Labute approximate surface area is 163 Å². The Kier molecular flexibility index (Phi) is 6.42. The van der Waals surface area contributed by atoms with Gasteiger partial charge < -0.3 is 15.2 Å². The Balaban J connectivity index is 2.09. The molecule has 0 aromatic heterocycles. The van der Waals surface area contributed by atoms with Gasteiger partial charge in [-0.3, -0.25) is 4.79 Å². The van der Waals surface area contributed by atoms with Crippen LogP contribution in [0.15, 0.2) is 41.3 Å². The third-order valence-corrected chi connectivity index (χ3v) is 5.86. The number of esters is 1. The predicted molar refractivity (Wildman–Crippen MR) is 104 cm³/mol. The maximum atomic E-state index is 12.2. The van der Waals surface area contributed by atoms with Gasteiger partial charge in [0.05, 0.1) is 4.90 Å². The van der Waals surface area contributed by atoms with Crippen LogP contribution in [0.5, 0.6) is 5.75 Å². The Morgan fingerprint density at radius 2 is 1.79 bits per heavy atom. The third-order valence-electron chi connectivity index (χ3n) is 4.05. The minimum absolute atomic E-state index is 0.0278. The molecule has 0 aliphatic carbocycles. The lowest BCUT2D eigenvalue weighted by Crippen LogP contribution is -2.23. The highest BCUT2D eigenvalue weighted by molar-refractivity contribution is 7.89. The van der Waals surface area contributed by atoms with E-state index in [0.29, 0.717) is 16.8 Å². The first-order valence-corrected chi connectivity index (χ1v) is 9.76. The van der Waals surface area contributed by atoms with Crippen molar-refractivity contribution in [2.24, 2.45) is 0 Å².